The van der Waals surface area contributed by atoms with Crippen LogP contribution in [-0.4, -0.2) is 28.2 Å². The van der Waals surface area contributed by atoms with Gasteiger partial charge in [0.05, 0.1) is 11.3 Å². The van der Waals surface area contributed by atoms with Gasteiger partial charge in [-0.25, -0.2) is 14.8 Å². The molecule has 0 aliphatic carbocycles. The molecule has 0 aliphatic rings. The van der Waals surface area contributed by atoms with Crippen LogP contribution < -0.4 is 0 Å². The molecule has 1 heterocycles. The lowest BCUT2D eigenvalue weighted by atomic mass is 10.1. The maximum atomic E-state index is 10.9. The van der Waals surface area contributed by atoms with Crippen molar-refractivity contribution in [3.63, 3.8) is 0 Å². The van der Waals surface area contributed by atoms with Crippen LogP contribution >= 0.6 is 0 Å². The molecule has 0 spiro atoms. The SMILES string of the molecule is COC(c1ccccc1)c1ncc(C(=O)O)c(C)n1. The van der Waals surface area contributed by atoms with Crippen molar-refractivity contribution in [1.82, 2.24) is 9.97 Å². The van der Waals surface area contributed by atoms with Crippen molar-refractivity contribution >= 4 is 5.97 Å². The molecule has 2 rings (SSSR count). The number of hydrogen-bond donors (Lipinski definition) is 1. The van der Waals surface area contributed by atoms with Gasteiger partial charge in [-0.3, -0.25) is 0 Å². The summed E-state index contributed by atoms with van der Waals surface area (Å²) < 4.78 is 5.41. The molecule has 0 bridgehead atoms. The first kappa shape index (κ1) is 13.2. The summed E-state index contributed by atoms with van der Waals surface area (Å²) in [5.41, 5.74) is 1.45. The lowest BCUT2D eigenvalue weighted by molar-refractivity contribution is 0.0694. The van der Waals surface area contributed by atoms with Gasteiger partial charge in [-0.1, -0.05) is 30.3 Å². The quantitative estimate of drug-likeness (QED) is 0.910. The van der Waals surface area contributed by atoms with E-state index in [9.17, 15) is 4.79 Å². The van der Waals surface area contributed by atoms with Gasteiger partial charge in [-0.05, 0) is 12.5 Å². The van der Waals surface area contributed by atoms with Crippen molar-refractivity contribution in [3.8, 4) is 0 Å². The van der Waals surface area contributed by atoms with Crippen LogP contribution in [0.5, 0.6) is 0 Å². The number of rotatable bonds is 4. The van der Waals surface area contributed by atoms with Crippen molar-refractivity contribution in [2.45, 2.75) is 13.0 Å². The van der Waals surface area contributed by atoms with Gasteiger partial charge in [0.1, 0.15) is 6.10 Å². The van der Waals surface area contributed by atoms with Crippen LogP contribution in [-0.2, 0) is 4.74 Å². The first-order valence-electron chi connectivity index (χ1n) is 5.78. The number of aryl methyl sites for hydroxylation is 1. The molecule has 5 nitrogen and oxygen atoms in total. The van der Waals surface area contributed by atoms with E-state index in [0.717, 1.165) is 5.56 Å². The molecular weight excluding hydrogens is 244 g/mol. The molecule has 0 saturated heterocycles. The summed E-state index contributed by atoms with van der Waals surface area (Å²) in [6.07, 6.45) is 0.914. The summed E-state index contributed by atoms with van der Waals surface area (Å²) >= 11 is 0. The Morgan fingerprint density at radius 3 is 2.53 bits per heavy atom. The van der Waals surface area contributed by atoms with Crippen molar-refractivity contribution in [3.05, 3.63) is 59.2 Å². The van der Waals surface area contributed by atoms with Crippen LogP contribution in [0.2, 0.25) is 0 Å². The Morgan fingerprint density at radius 1 is 1.32 bits per heavy atom. The van der Waals surface area contributed by atoms with Crippen molar-refractivity contribution in [1.29, 1.82) is 0 Å². The number of aromatic nitrogens is 2. The third-order valence-corrected chi connectivity index (χ3v) is 2.80. The van der Waals surface area contributed by atoms with Gasteiger partial charge in [0, 0.05) is 13.3 Å². The number of carbonyl (C=O) groups is 1. The molecule has 0 aliphatic heterocycles. The van der Waals surface area contributed by atoms with Crippen LogP contribution in [0.1, 0.15) is 33.5 Å². The second kappa shape index (κ2) is 5.58. The summed E-state index contributed by atoms with van der Waals surface area (Å²) in [5.74, 6) is -0.575. The maximum Gasteiger partial charge on any atom is 0.339 e. The standard InChI is InChI=1S/C14H14N2O3/c1-9-11(14(17)18)8-15-13(16-9)12(19-2)10-6-4-3-5-7-10/h3-8,12H,1-2H3,(H,17,18). The Bertz CT molecular complexity index is 584. The smallest absolute Gasteiger partial charge is 0.339 e. The third-order valence-electron chi connectivity index (χ3n) is 2.80. The average Bonchev–Trinajstić information content (AvgIpc) is 2.40. The first-order valence-corrected chi connectivity index (χ1v) is 5.78. The van der Waals surface area contributed by atoms with Crippen LogP contribution in [0.25, 0.3) is 0 Å². The average molecular weight is 258 g/mol. The lowest BCUT2D eigenvalue weighted by Gasteiger charge is -2.15. The molecule has 98 valence electrons. The zero-order valence-corrected chi connectivity index (χ0v) is 10.7. The second-order valence-corrected chi connectivity index (χ2v) is 4.06. The van der Waals surface area contributed by atoms with Gasteiger partial charge in [0.2, 0.25) is 0 Å². The summed E-state index contributed by atoms with van der Waals surface area (Å²) in [6, 6.07) is 9.55. The molecule has 2 aromatic rings. The van der Waals surface area contributed by atoms with Crippen molar-refractivity contribution < 1.29 is 14.6 Å². The summed E-state index contributed by atoms with van der Waals surface area (Å²) in [5, 5.41) is 8.96. The van der Waals surface area contributed by atoms with Gasteiger partial charge in [0.25, 0.3) is 0 Å². The summed E-state index contributed by atoms with van der Waals surface area (Å²) in [4.78, 5) is 19.2. The van der Waals surface area contributed by atoms with E-state index in [2.05, 4.69) is 9.97 Å². The zero-order valence-electron chi connectivity index (χ0n) is 10.7. The van der Waals surface area contributed by atoms with Crippen LogP contribution in [0.4, 0.5) is 0 Å². The van der Waals surface area contributed by atoms with Crippen molar-refractivity contribution in [2.75, 3.05) is 7.11 Å². The molecule has 1 N–H and O–H groups in total. The number of carboxylic acid groups (broad SMARTS) is 1. The number of hydrogen-bond acceptors (Lipinski definition) is 4. The van der Waals surface area contributed by atoms with Gasteiger partial charge < -0.3 is 9.84 Å². The van der Waals surface area contributed by atoms with Crippen LogP contribution in [0, 0.1) is 6.92 Å². The normalized spacial score (nSPS) is 12.1. The molecule has 5 heteroatoms. The largest absolute Gasteiger partial charge is 0.478 e. The van der Waals surface area contributed by atoms with Crippen molar-refractivity contribution in [2.24, 2.45) is 0 Å². The number of carboxylic acids is 1. The molecule has 19 heavy (non-hydrogen) atoms. The molecule has 0 saturated carbocycles. The lowest BCUT2D eigenvalue weighted by Crippen LogP contribution is -2.12. The number of methoxy groups -OCH3 is 1. The van der Waals surface area contributed by atoms with Gasteiger partial charge in [-0.2, -0.15) is 0 Å². The highest BCUT2D eigenvalue weighted by molar-refractivity contribution is 5.88. The molecule has 0 amide bonds. The Kier molecular flexibility index (Phi) is 3.87. The third kappa shape index (κ3) is 2.77. The fraction of sp³-hybridized carbons (Fsp3) is 0.214. The molecule has 1 unspecified atom stereocenters. The molecule has 1 atom stereocenters. The Morgan fingerprint density at radius 2 is 2.00 bits per heavy atom. The highest BCUT2D eigenvalue weighted by Gasteiger charge is 2.18. The summed E-state index contributed by atoms with van der Waals surface area (Å²) in [7, 11) is 1.57. The minimum absolute atomic E-state index is 0.103. The minimum Gasteiger partial charge on any atom is -0.478 e. The van der Waals surface area contributed by atoms with E-state index >= 15 is 0 Å². The zero-order chi connectivity index (χ0) is 13.8. The predicted octanol–water partition coefficient (Wildman–Crippen LogP) is 2.22. The fourth-order valence-corrected chi connectivity index (χ4v) is 1.84. The van der Waals surface area contributed by atoms with E-state index in [1.165, 1.54) is 6.20 Å². The Hall–Kier alpha value is -2.27. The monoisotopic (exact) mass is 258 g/mol. The van der Waals surface area contributed by atoms with E-state index in [4.69, 9.17) is 9.84 Å². The molecule has 0 fully saturated rings. The van der Waals surface area contributed by atoms with E-state index < -0.39 is 12.1 Å². The molecule has 1 aromatic carbocycles. The first-order chi connectivity index (χ1) is 9.13. The van der Waals surface area contributed by atoms with Gasteiger partial charge >= 0.3 is 5.97 Å². The fourth-order valence-electron chi connectivity index (χ4n) is 1.84. The van der Waals surface area contributed by atoms with E-state index in [1.807, 2.05) is 30.3 Å². The number of benzene rings is 1. The van der Waals surface area contributed by atoms with Crippen LogP contribution in [0.15, 0.2) is 36.5 Å². The Balaban J connectivity index is 2.40. The molecule has 0 radical (unpaired) electrons. The van der Waals surface area contributed by atoms with E-state index in [-0.39, 0.29) is 5.56 Å². The van der Waals surface area contributed by atoms with Crippen LogP contribution in [0.3, 0.4) is 0 Å². The van der Waals surface area contributed by atoms with Gasteiger partial charge in [-0.15, -0.1) is 0 Å². The highest BCUT2D eigenvalue weighted by Crippen LogP contribution is 2.22. The van der Waals surface area contributed by atoms with Gasteiger partial charge in [0.15, 0.2) is 5.82 Å². The Labute approximate surface area is 110 Å². The van der Waals surface area contributed by atoms with E-state index in [0.29, 0.717) is 11.5 Å². The van der Waals surface area contributed by atoms with E-state index in [1.54, 1.807) is 14.0 Å². The summed E-state index contributed by atoms with van der Waals surface area (Å²) in [6.45, 7) is 1.65. The highest BCUT2D eigenvalue weighted by atomic mass is 16.5. The second-order valence-electron chi connectivity index (χ2n) is 4.06. The topological polar surface area (TPSA) is 72.3 Å². The maximum absolute atomic E-state index is 10.9. The molecule has 1 aromatic heterocycles. The minimum atomic E-state index is -1.03. The predicted molar refractivity (Wildman–Crippen MR) is 69.0 cm³/mol. The molecular formula is C14H14N2O3. The number of aromatic carboxylic acids is 1. The number of nitrogens with zero attached hydrogens (tertiary/aromatic N) is 2. The number of ether oxygens (including phenoxy) is 1.